The second-order valence-corrected chi connectivity index (χ2v) is 4.56. The van der Waals surface area contributed by atoms with E-state index in [4.69, 9.17) is 5.11 Å². The van der Waals surface area contributed by atoms with Crippen LogP contribution in [0.15, 0.2) is 16.8 Å². The SMILES string of the molecule is CC(NC(=O)Cc1ccsc1)(C(=O)O)C(F)(F)F. The monoisotopic (exact) mass is 281 g/mol. The third kappa shape index (κ3) is 3.00. The molecule has 0 spiro atoms. The molecule has 18 heavy (non-hydrogen) atoms. The summed E-state index contributed by atoms with van der Waals surface area (Å²) in [6.07, 6.45) is -5.36. The molecule has 0 aliphatic rings. The van der Waals surface area contributed by atoms with Gasteiger partial charge in [-0.15, -0.1) is 0 Å². The number of carboxylic acids is 1. The van der Waals surface area contributed by atoms with Gasteiger partial charge in [0, 0.05) is 0 Å². The number of thiophene rings is 1. The lowest BCUT2D eigenvalue weighted by Crippen LogP contribution is -2.62. The van der Waals surface area contributed by atoms with E-state index < -0.39 is 23.6 Å². The molecule has 0 aliphatic carbocycles. The Labute approximate surface area is 104 Å². The molecule has 4 nitrogen and oxygen atoms in total. The molecule has 1 unspecified atom stereocenters. The summed E-state index contributed by atoms with van der Waals surface area (Å²) in [5.41, 5.74) is -2.74. The zero-order valence-corrected chi connectivity index (χ0v) is 10.1. The summed E-state index contributed by atoms with van der Waals surface area (Å²) in [6, 6.07) is 1.58. The van der Waals surface area contributed by atoms with E-state index in [0.29, 0.717) is 12.5 Å². The molecule has 1 heterocycles. The molecule has 1 aromatic rings. The van der Waals surface area contributed by atoms with Crippen LogP contribution in [0.25, 0.3) is 0 Å². The number of rotatable bonds is 4. The largest absolute Gasteiger partial charge is 0.479 e. The summed E-state index contributed by atoms with van der Waals surface area (Å²) in [7, 11) is 0. The second kappa shape index (κ2) is 4.97. The van der Waals surface area contributed by atoms with Gasteiger partial charge in [0.15, 0.2) is 0 Å². The number of carbonyl (C=O) groups excluding carboxylic acids is 1. The first kappa shape index (κ1) is 14.5. The summed E-state index contributed by atoms with van der Waals surface area (Å²) in [4.78, 5) is 22.1. The highest BCUT2D eigenvalue weighted by Crippen LogP contribution is 2.30. The van der Waals surface area contributed by atoms with Gasteiger partial charge in [-0.05, 0) is 29.3 Å². The van der Waals surface area contributed by atoms with Crippen molar-refractivity contribution in [2.45, 2.75) is 25.1 Å². The summed E-state index contributed by atoms with van der Waals surface area (Å²) in [6.45, 7) is 0.418. The number of alkyl halides is 3. The maximum absolute atomic E-state index is 12.6. The maximum Gasteiger partial charge on any atom is 0.422 e. The molecular weight excluding hydrogens is 271 g/mol. The van der Waals surface area contributed by atoms with E-state index in [1.807, 2.05) is 0 Å². The number of carbonyl (C=O) groups is 2. The van der Waals surface area contributed by atoms with Crippen molar-refractivity contribution in [1.29, 1.82) is 0 Å². The molecule has 0 saturated heterocycles. The minimum absolute atomic E-state index is 0.289. The fourth-order valence-corrected chi connectivity index (χ4v) is 1.82. The van der Waals surface area contributed by atoms with Crippen LogP contribution in [0.3, 0.4) is 0 Å². The molecule has 0 radical (unpaired) electrons. The fraction of sp³-hybridized carbons (Fsp3) is 0.400. The molecule has 1 amide bonds. The molecule has 8 heteroatoms. The highest BCUT2D eigenvalue weighted by molar-refractivity contribution is 7.07. The molecule has 1 rings (SSSR count). The Kier molecular flexibility index (Phi) is 4.00. The lowest BCUT2D eigenvalue weighted by atomic mass is 10.0. The highest BCUT2D eigenvalue weighted by atomic mass is 32.1. The fourth-order valence-electron chi connectivity index (χ4n) is 1.15. The molecule has 0 fully saturated rings. The van der Waals surface area contributed by atoms with Gasteiger partial charge in [0.25, 0.3) is 0 Å². The van der Waals surface area contributed by atoms with Crippen molar-refractivity contribution in [3.8, 4) is 0 Å². The number of halogens is 3. The number of hydrogen-bond donors (Lipinski definition) is 2. The van der Waals surface area contributed by atoms with Crippen LogP contribution in [0.1, 0.15) is 12.5 Å². The van der Waals surface area contributed by atoms with Gasteiger partial charge in [-0.1, -0.05) is 0 Å². The number of hydrogen-bond acceptors (Lipinski definition) is 3. The van der Waals surface area contributed by atoms with Gasteiger partial charge in [-0.25, -0.2) is 4.79 Å². The lowest BCUT2D eigenvalue weighted by molar-refractivity contribution is -0.206. The van der Waals surface area contributed by atoms with E-state index in [9.17, 15) is 22.8 Å². The van der Waals surface area contributed by atoms with Crippen molar-refractivity contribution in [3.05, 3.63) is 22.4 Å². The normalized spacial score (nSPS) is 14.9. The Hall–Kier alpha value is -1.57. The molecule has 0 bridgehead atoms. The van der Waals surface area contributed by atoms with Crippen molar-refractivity contribution in [2.24, 2.45) is 0 Å². The topological polar surface area (TPSA) is 66.4 Å². The van der Waals surface area contributed by atoms with Crippen LogP contribution in [-0.4, -0.2) is 28.7 Å². The van der Waals surface area contributed by atoms with Crippen LogP contribution in [0.5, 0.6) is 0 Å². The van der Waals surface area contributed by atoms with Crippen molar-refractivity contribution in [2.75, 3.05) is 0 Å². The van der Waals surface area contributed by atoms with Gasteiger partial charge >= 0.3 is 12.1 Å². The Morgan fingerprint density at radius 1 is 1.44 bits per heavy atom. The van der Waals surface area contributed by atoms with Crippen LogP contribution < -0.4 is 5.32 Å². The predicted octanol–water partition coefficient (Wildman–Crippen LogP) is 1.81. The number of aliphatic carboxylic acids is 1. The minimum atomic E-state index is -5.07. The van der Waals surface area contributed by atoms with Gasteiger partial charge < -0.3 is 10.4 Å². The van der Waals surface area contributed by atoms with Gasteiger partial charge in [0.2, 0.25) is 11.4 Å². The molecule has 0 aliphatic heterocycles. The van der Waals surface area contributed by atoms with E-state index in [1.54, 1.807) is 16.8 Å². The van der Waals surface area contributed by atoms with Crippen LogP contribution >= 0.6 is 11.3 Å². The van der Waals surface area contributed by atoms with Crippen molar-refractivity contribution in [1.82, 2.24) is 5.32 Å². The molecule has 0 saturated carbocycles. The Morgan fingerprint density at radius 2 is 2.06 bits per heavy atom. The first-order valence-electron chi connectivity index (χ1n) is 4.79. The quantitative estimate of drug-likeness (QED) is 0.884. The highest BCUT2D eigenvalue weighted by Gasteiger charge is 2.58. The minimum Gasteiger partial charge on any atom is -0.479 e. The third-order valence-corrected chi connectivity index (χ3v) is 3.06. The molecule has 100 valence electrons. The molecular formula is C10H10F3NO3S. The first-order valence-corrected chi connectivity index (χ1v) is 5.73. The van der Waals surface area contributed by atoms with Crippen LogP contribution in [-0.2, 0) is 16.0 Å². The molecule has 0 aromatic carbocycles. The van der Waals surface area contributed by atoms with Crippen molar-refractivity contribution in [3.63, 3.8) is 0 Å². The van der Waals surface area contributed by atoms with Gasteiger partial charge in [-0.2, -0.15) is 24.5 Å². The standard InChI is InChI=1S/C10H10F3NO3S/c1-9(8(16)17,10(11,12)13)14-7(15)4-6-2-3-18-5-6/h2-3,5H,4H2,1H3,(H,14,15)(H,16,17). The van der Waals surface area contributed by atoms with E-state index in [0.717, 1.165) is 0 Å². The Bertz CT molecular complexity index is 444. The zero-order chi connectivity index (χ0) is 14.0. The third-order valence-electron chi connectivity index (χ3n) is 2.33. The number of carboxylic acid groups (broad SMARTS) is 1. The Morgan fingerprint density at radius 3 is 2.44 bits per heavy atom. The first-order chi connectivity index (χ1) is 8.17. The summed E-state index contributed by atoms with van der Waals surface area (Å²) in [5.74, 6) is -3.13. The van der Waals surface area contributed by atoms with Gasteiger partial charge in [0.05, 0.1) is 6.42 Å². The van der Waals surface area contributed by atoms with Crippen molar-refractivity contribution < 1.29 is 27.9 Å². The Balaban J connectivity index is 2.80. The van der Waals surface area contributed by atoms with E-state index in [2.05, 4.69) is 0 Å². The van der Waals surface area contributed by atoms with E-state index >= 15 is 0 Å². The van der Waals surface area contributed by atoms with E-state index in [1.165, 1.54) is 16.7 Å². The second-order valence-electron chi connectivity index (χ2n) is 3.78. The zero-order valence-electron chi connectivity index (χ0n) is 9.25. The number of amides is 1. The summed E-state index contributed by atoms with van der Waals surface area (Å²) < 4.78 is 37.8. The van der Waals surface area contributed by atoms with Crippen LogP contribution in [0, 0.1) is 0 Å². The van der Waals surface area contributed by atoms with E-state index in [-0.39, 0.29) is 6.42 Å². The molecule has 1 atom stereocenters. The van der Waals surface area contributed by atoms with Gasteiger partial charge in [-0.3, -0.25) is 4.79 Å². The van der Waals surface area contributed by atoms with Gasteiger partial charge in [0.1, 0.15) is 0 Å². The lowest BCUT2D eigenvalue weighted by Gasteiger charge is -2.28. The predicted molar refractivity (Wildman–Crippen MR) is 58.3 cm³/mol. The maximum atomic E-state index is 12.6. The molecule has 1 aromatic heterocycles. The van der Waals surface area contributed by atoms with Crippen molar-refractivity contribution >= 4 is 23.2 Å². The summed E-state index contributed by atoms with van der Waals surface area (Å²) >= 11 is 1.29. The number of nitrogens with one attached hydrogen (secondary N) is 1. The smallest absolute Gasteiger partial charge is 0.422 e. The molecule has 2 N–H and O–H groups in total. The van der Waals surface area contributed by atoms with Crippen LogP contribution in [0.4, 0.5) is 13.2 Å². The van der Waals surface area contributed by atoms with Crippen LogP contribution in [0.2, 0.25) is 0 Å². The summed E-state index contributed by atoms with van der Waals surface area (Å²) in [5, 5.41) is 13.4. The average Bonchev–Trinajstić information content (AvgIpc) is 2.67. The average molecular weight is 281 g/mol.